The van der Waals surface area contributed by atoms with Gasteiger partial charge in [-0.05, 0) is 40.8 Å². The Hall–Kier alpha value is -0.120. The SMILES string of the molecule is CC1CCCC(N)(c2ccc(Br)c(Cl)c2F)C1. The molecule has 94 valence electrons. The van der Waals surface area contributed by atoms with Crippen LogP contribution in [0, 0.1) is 11.7 Å². The largest absolute Gasteiger partial charge is 0.321 e. The second kappa shape index (κ2) is 4.87. The van der Waals surface area contributed by atoms with Gasteiger partial charge in [-0.3, -0.25) is 0 Å². The van der Waals surface area contributed by atoms with Crippen LogP contribution in [0.5, 0.6) is 0 Å². The fourth-order valence-electron chi connectivity index (χ4n) is 2.75. The molecule has 0 aromatic heterocycles. The molecule has 1 nitrogen and oxygen atoms in total. The maximum atomic E-state index is 14.2. The molecule has 1 aromatic rings. The Labute approximate surface area is 115 Å². The quantitative estimate of drug-likeness (QED) is 0.752. The average molecular weight is 321 g/mol. The highest BCUT2D eigenvalue weighted by atomic mass is 79.9. The first-order valence-electron chi connectivity index (χ1n) is 5.87. The van der Waals surface area contributed by atoms with Gasteiger partial charge in [0, 0.05) is 15.6 Å². The third-order valence-corrected chi connectivity index (χ3v) is 4.86. The lowest BCUT2D eigenvalue weighted by Gasteiger charge is -2.37. The molecule has 17 heavy (non-hydrogen) atoms. The number of nitrogens with two attached hydrogens (primary N) is 1. The molecule has 0 bridgehead atoms. The highest BCUT2D eigenvalue weighted by Crippen LogP contribution is 2.41. The van der Waals surface area contributed by atoms with Crippen molar-refractivity contribution < 1.29 is 4.39 Å². The normalized spacial score (nSPS) is 29.4. The van der Waals surface area contributed by atoms with Crippen molar-refractivity contribution in [1.82, 2.24) is 0 Å². The minimum Gasteiger partial charge on any atom is -0.321 e. The van der Waals surface area contributed by atoms with Crippen LogP contribution < -0.4 is 5.73 Å². The summed E-state index contributed by atoms with van der Waals surface area (Å²) in [7, 11) is 0. The summed E-state index contributed by atoms with van der Waals surface area (Å²) in [6, 6.07) is 3.53. The van der Waals surface area contributed by atoms with Crippen LogP contribution >= 0.6 is 27.5 Å². The van der Waals surface area contributed by atoms with E-state index in [0.717, 1.165) is 19.3 Å². The third-order valence-electron chi connectivity index (χ3n) is 3.60. The lowest BCUT2D eigenvalue weighted by molar-refractivity contribution is 0.233. The number of hydrogen-bond donors (Lipinski definition) is 1. The van der Waals surface area contributed by atoms with Crippen molar-refractivity contribution >= 4 is 27.5 Å². The van der Waals surface area contributed by atoms with Gasteiger partial charge in [-0.15, -0.1) is 0 Å². The molecule has 1 fully saturated rings. The van der Waals surface area contributed by atoms with E-state index < -0.39 is 5.54 Å². The topological polar surface area (TPSA) is 26.0 Å². The maximum absolute atomic E-state index is 14.2. The van der Waals surface area contributed by atoms with Gasteiger partial charge in [0.05, 0.1) is 5.02 Å². The molecule has 4 heteroatoms. The highest BCUT2D eigenvalue weighted by molar-refractivity contribution is 9.10. The van der Waals surface area contributed by atoms with Crippen LogP contribution in [-0.4, -0.2) is 0 Å². The van der Waals surface area contributed by atoms with Crippen molar-refractivity contribution in [3.8, 4) is 0 Å². The molecule has 1 aliphatic rings. The van der Waals surface area contributed by atoms with Gasteiger partial charge in [0.2, 0.25) is 0 Å². The first-order chi connectivity index (χ1) is 7.94. The molecule has 1 aliphatic carbocycles. The molecular formula is C13H16BrClFN. The van der Waals surface area contributed by atoms with E-state index >= 15 is 0 Å². The summed E-state index contributed by atoms with van der Waals surface area (Å²) in [5.74, 6) is 0.160. The Balaban J connectivity index is 2.42. The lowest BCUT2D eigenvalue weighted by atomic mass is 9.73. The van der Waals surface area contributed by atoms with E-state index in [1.54, 1.807) is 12.1 Å². The predicted octanol–water partition coefficient (Wildman–Crippen LogP) is 4.61. The Morgan fingerprint density at radius 3 is 2.88 bits per heavy atom. The Morgan fingerprint density at radius 1 is 1.53 bits per heavy atom. The summed E-state index contributed by atoms with van der Waals surface area (Å²) in [6.07, 6.45) is 3.86. The van der Waals surface area contributed by atoms with Crippen LogP contribution in [0.1, 0.15) is 38.2 Å². The summed E-state index contributed by atoms with van der Waals surface area (Å²) in [4.78, 5) is 0. The predicted molar refractivity (Wildman–Crippen MR) is 72.6 cm³/mol. The van der Waals surface area contributed by atoms with Crippen molar-refractivity contribution in [2.75, 3.05) is 0 Å². The molecule has 1 aromatic carbocycles. The molecule has 1 saturated carbocycles. The molecule has 2 N–H and O–H groups in total. The molecule has 0 heterocycles. The van der Waals surface area contributed by atoms with Gasteiger partial charge in [0.25, 0.3) is 0 Å². The zero-order valence-corrected chi connectivity index (χ0v) is 12.1. The van der Waals surface area contributed by atoms with Gasteiger partial charge in [-0.2, -0.15) is 0 Å². The van der Waals surface area contributed by atoms with Gasteiger partial charge in [-0.1, -0.05) is 37.4 Å². The van der Waals surface area contributed by atoms with Crippen LogP contribution in [0.15, 0.2) is 16.6 Å². The molecule has 0 saturated heterocycles. The van der Waals surface area contributed by atoms with E-state index in [4.69, 9.17) is 17.3 Å². The molecular weight excluding hydrogens is 305 g/mol. The first-order valence-corrected chi connectivity index (χ1v) is 7.04. The number of halogens is 3. The summed E-state index contributed by atoms with van der Waals surface area (Å²) >= 11 is 9.14. The Bertz CT molecular complexity index is 438. The van der Waals surface area contributed by atoms with E-state index in [-0.39, 0.29) is 10.8 Å². The number of benzene rings is 1. The fraction of sp³-hybridized carbons (Fsp3) is 0.538. The summed E-state index contributed by atoms with van der Waals surface area (Å²) in [5, 5.41) is 0.130. The van der Waals surface area contributed by atoms with Gasteiger partial charge in [0.15, 0.2) is 0 Å². The van der Waals surface area contributed by atoms with Crippen LogP contribution in [0.3, 0.4) is 0 Å². The second-order valence-electron chi connectivity index (χ2n) is 5.08. The molecule has 2 unspecified atom stereocenters. The van der Waals surface area contributed by atoms with E-state index in [2.05, 4.69) is 22.9 Å². The zero-order valence-electron chi connectivity index (χ0n) is 9.77. The summed E-state index contributed by atoms with van der Waals surface area (Å²) < 4.78 is 14.8. The van der Waals surface area contributed by atoms with Gasteiger partial charge in [0.1, 0.15) is 5.82 Å². The van der Waals surface area contributed by atoms with Gasteiger partial charge >= 0.3 is 0 Å². The molecule has 0 aliphatic heterocycles. The lowest BCUT2D eigenvalue weighted by Crippen LogP contribution is -2.41. The van der Waals surface area contributed by atoms with Crippen molar-refractivity contribution in [2.45, 2.75) is 38.1 Å². The van der Waals surface area contributed by atoms with Crippen molar-refractivity contribution in [3.63, 3.8) is 0 Å². The van der Waals surface area contributed by atoms with Gasteiger partial charge < -0.3 is 5.73 Å². The summed E-state index contributed by atoms with van der Waals surface area (Å²) in [5.41, 5.74) is 6.37. The summed E-state index contributed by atoms with van der Waals surface area (Å²) in [6.45, 7) is 2.17. The molecule has 0 radical (unpaired) electrons. The van der Waals surface area contributed by atoms with Crippen molar-refractivity contribution in [3.05, 3.63) is 33.0 Å². The Kier molecular flexibility index (Phi) is 3.81. The molecule has 2 atom stereocenters. The van der Waals surface area contributed by atoms with E-state index in [0.29, 0.717) is 16.0 Å². The smallest absolute Gasteiger partial charge is 0.147 e. The molecule has 0 spiro atoms. The van der Waals surface area contributed by atoms with Crippen LogP contribution in [-0.2, 0) is 5.54 Å². The number of rotatable bonds is 1. The molecule has 2 rings (SSSR count). The van der Waals surface area contributed by atoms with Crippen LogP contribution in [0.25, 0.3) is 0 Å². The maximum Gasteiger partial charge on any atom is 0.147 e. The second-order valence-corrected chi connectivity index (χ2v) is 6.31. The van der Waals surface area contributed by atoms with Crippen LogP contribution in [0.2, 0.25) is 5.02 Å². The van der Waals surface area contributed by atoms with Crippen molar-refractivity contribution in [2.24, 2.45) is 11.7 Å². The Morgan fingerprint density at radius 2 is 2.24 bits per heavy atom. The zero-order chi connectivity index (χ0) is 12.6. The van der Waals surface area contributed by atoms with Gasteiger partial charge in [-0.25, -0.2) is 4.39 Å². The third kappa shape index (κ3) is 2.51. The van der Waals surface area contributed by atoms with E-state index in [1.165, 1.54) is 6.42 Å². The standard InChI is InChI=1S/C13H16BrClFN/c1-8-3-2-6-13(17,7-8)9-4-5-10(14)11(15)12(9)16/h4-5,8H,2-3,6-7,17H2,1H3. The minimum absolute atomic E-state index is 0.130. The van der Waals surface area contributed by atoms with Crippen LogP contribution in [0.4, 0.5) is 4.39 Å². The minimum atomic E-state index is -0.563. The van der Waals surface area contributed by atoms with Crippen molar-refractivity contribution in [1.29, 1.82) is 0 Å². The first kappa shape index (κ1) is 13.3. The number of hydrogen-bond acceptors (Lipinski definition) is 1. The monoisotopic (exact) mass is 319 g/mol. The average Bonchev–Trinajstić information content (AvgIpc) is 2.25. The van der Waals surface area contributed by atoms with E-state index in [9.17, 15) is 4.39 Å². The molecule has 0 amide bonds. The fourth-order valence-corrected chi connectivity index (χ4v) is 3.22. The highest BCUT2D eigenvalue weighted by Gasteiger charge is 2.35. The van der Waals surface area contributed by atoms with E-state index in [1.807, 2.05) is 0 Å².